The van der Waals surface area contributed by atoms with Crippen LogP contribution in [0.4, 0.5) is 5.82 Å². The van der Waals surface area contributed by atoms with Crippen LogP contribution in [0.2, 0.25) is 0 Å². The van der Waals surface area contributed by atoms with Gasteiger partial charge in [0, 0.05) is 24.8 Å². The first-order chi connectivity index (χ1) is 8.51. The topological polar surface area (TPSA) is 61.3 Å². The van der Waals surface area contributed by atoms with Crippen LogP contribution in [0, 0.1) is 6.92 Å². The van der Waals surface area contributed by atoms with E-state index in [1.54, 1.807) is 6.92 Å². The molecule has 102 valence electrons. The highest BCUT2D eigenvalue weighted by molar-refractivity contribution is 5.35. The summed E-state index contributed by atoms with van der Waals surface area (Å²) in [5.41, 5.74) is 0.972. The van der Waals surface area contributed by atoms with Gasteiger partial charge in [-0.15, -0.1) is 0 Å². The lowest BCUT2D eigenvalue weighted by Crippen LogP contribution is -2.23. The molecule has 1 rings (SSSR count). The second kappa shape index (κ2) is 7.28. The van der Waals surface area contributed by atoms with Gasteiger partial charge in [-0.25, -0.2) is 9.97 Å². The zero-order valence-electron chi connectivity index (χ0n) is 11.8. The predicted octanol–water partition coefficient (Wildman–Crippen LogP) is 1.42. The molecule has 0 saturated carbocycles. The Morgan fingerprint density at radius 1 is 1.44 bits per heavy atom. The van der Waals surface area contributed by atoms with Crippen molar-refractivity contribution in [3.8, 4) is 0 Å². The molecule has 5 heteroatoms. The van der Waals surface area contributed by atoms with Crippen molar-refractivity contribution in [2.75, 3.05) is 25.5 Å². The summed E-state index contributed by atoms with van der Waals surface area (Å²) in [6, 6.07) is 1.95. The Hall–Kier alpha value is -1.20. The monoisotopic (exact) mass is 252 g/mol. The van der Waals surface area contributed by atoms with Crippen LogP contribution in [0.25, 0.3) is 0 Å². The van der Waals surface area contributed by atoms with Crippen LogP contribution in [-0.2, 0) is 6.54 Å². The van der Waals surface area contributed by atoms with E-state index in [0.29, 0.717) is 6.54 Å². The third-order valence-corrected chi connectivity index (χ3v) is 2.60. The molecule has 0 aliphatic rings. The lowest BCUT2D eigenvalue weighted by Gasteiger charge is -2.17. The van der Waals surface area contributed by atoms with Gasteiger partial charge in [0.2, 0.25) is 0 Å². The van der Waals surface area contributed by atoms with Gasteiger partial charge < -0.3 is 10.4 Å². The molecule has 0 aliphatic carbocycles. The number of aliphatic hydroxyl groups is 1. The average molecular weight is 252 g/mol. The lowest BCUT2D eigenvalue weighted by atomic mass is 10.3. The van der Waals surface area contributed by atoms with Gasteiger partial charge in [-0.05, 0) is 34.2 Å². The van der Waals surface area contributed by atoms with E-state index in [-0.39, 0.29) is 6.10 Å². The quantitative estimate of drug-likeness (QED) is 0.768. The van der Waals surface area contributed by atoms with Gasteiger partial charge >= 0.3 is 0 Å². The summed E-state index contributed by atoms with van der Waals surface area (Å²) in [4.78, 5) is 11.0. The maximum Gasteiger partial charge on any atom is 0.144 e. The van der Waals surface area contributed by atoms with E-state index in [0.717, 1.165) is 36.8 Å². The fourth-order valence-electron chi connectivity index (χ4n) is 1.70. The van der Waals surface area contributed by atoms with Crippen LogP contribution in [-0.4, -0.2) is 46.2 Å². The van der Waals surface area contributed by atoms with Crippen molar-refractivity contribution in [1.29, 1.82) is 0 Å². The maximum absolute atomic E-state index is 9.26. The average Bonchev–Trinajstić information content (AvgIpc) is 2.26. The van der Waals surface area contributed by atoms with Crippen molar-refractivity contribution in [1.82, 2.24) is 14.9 Å². The van der Waals surface area contributed by atoms with E-state index in [4.69, 9.17) is 0 Å². The van der Waals surface area contributed by atoms with Crippen molar-refractivity contribution in [2.24, 2.45) is 0 Å². The fraction of sp³-hybridized carbons (Fsp3) is 0.692. The highest BCUT2D eigenvalue weighted by atomic mass is 16.3. The standard InChI is InChI=1S/C13H24N4O/c1-5-14-12-8-10(2)15-13(16-12)9-17(4)7-6-11(3)18/h8,11,18H,5-7,9H2,1-4H3,(H,14,15,16). The summed E-state index contributed by atoms with van der Waals surface area (Å²) in [7, 11) is 2.01. The van der Waals surface area contributed by atoms with Crippen LogP contribution in [0.1, 0.15) is 31.8 Å². The molecule has 0 fully saturated rings. The van der Waals surface area contributed by atoms with E-state index in [1.807, 2.05) is 27.0 Å². The molecule has 0 radical (unpaired) electrons. The fourth-order valence-corrected chi connectivity index (χ4v) is 1.70. The van der Waals surface area contributed by atoms with Crippen molar-refractivity contribution >= 4 is 5.82 Å². The second-order valence-corrected chi connectivity index (χ2v) is 4.72. The summed E-state index contributed by atoms with van der Waals surface area (Å²) in [6.45, 7) is 8.22. The van der Waals surface area contributed by atoms with Crippen molar-refractivity contribution in [3.05, 3.63) is 17.6 Å². The predicted molar refractivity (Wildman–Crippen MR) is 73.6 cm³/mol. The normalized spacial score (nSPS) is 12.8. The van der Waals surface area contributed by atoms with E-state index in [2.05, 4.69) is 20.2 Å². The number of rotatable bonds is 7. The number of nitrogens with zero attached hydrogens (tertiary/aromatic N) is 3. The molecule has 1 aromatic heterocycles. The van der Waals surface area contributed by atoms with Gasteiger partial charge in [-0.3, -0.25) is 4.90 Å². The number of hydrogen-bond donors (Lipinski definition) is 2. The van der Waals surface area contributed by atoms with Crippen LogP contribution < -0.4 is 5.32 Å². The SMILES string of the molecule is CCNc1cc(C)nc(CN(C)CCC(C)O)n1. The summed E-state index contributed by atoms with van der Waals surface area (Å²) in [5, 5.41) is 12.5. The Bertz CT molecular complexity index is 368. The van der Waals surface area contributed by atoms with Gasteiger partial charge in [0.05, 0.1) is 12.6 Å². The Morgan fingerprint density at radius 3 is 2.78 bits per heavy atom. The Labute approximate surface area is 109 Å². The third-order valence-electron chi connectivity index (χ3n) is 2.60. The van der Waals surface area contributed by atoms with Crippen LogP contribution >= 0.6 is 0 Å². The lowest BCUT2D eigenvalue weighted by molar-refractivity contribution is 0.162. The Morgan fingerprint density at radius 2 is 2.17 bits per heavy atom. The molecular weight excluding hydrogens is 228 g/mol. The van der Waals surface area contributed by atoms with Crippen LogP contribution in [0.3, 0.4) is 0 Å². The summed E-state index contributed by atoms with van der Waals surface area (Å²) in [6.07, 6.45) is 0.505. The van der Waals surface area contributed by atoms with E-state index in [9.17, 15) is 5.11 Å². The Kier molecular flexibility index (Phi) is 6.01. The molecule has 1 atom stereocenters. The molecule has 0 aromatic carbocycles. The number of aliphatic hydroxyl groups excluding tert-OH is 1. The summed E-state index contributed by atoms with van der Waals surface area (Å²) < 4.78 is 0. The highest BCUT2D eigenvalue weighted by Crippen LogP contribution is 2.07. The minimum Gasteiger partial charge on any atom is -0.393 e. The first kappa shape index (κ1) is 14.9. The van der Waals surface area contributed by atoms with Gasteiger partial charge in [0.25, 0.3) is 0 Å². The Balaban J connectivity index is 2.60. The molecule has 0 aliphatic heterocycles. The highest BCUT2D eigenvalue weighted by Gasteiger charge is 2.06. The third kappa shape index (κ3) is 5.42. The molecule has 2 N–H and O–H groups in total. The van der Waals surface area contributed by atoms with Gasteiger partial charge in [0.1, 0.15) is 11.6 Å². The van der Waals surface area contributed by atoms with Gasteiger partial charge in [-0.2, -0.15) is 0 Å². The second-order valence-electron chi connectivity index (χ2n) is 4.72. The number of hydrogen-bond acceptors (Lipinski definition) is 5. The number of aryl methyl sites for hydroxylation is 1. The van der Waals surface area contributed by atoms with Crippen molar-refractivity contribution in [2.45, 2.75) is 39.8 Å². The van der Waals surface area contributed by atoms with Gasteiger partial charge in [0.15, 0.2) is 0 Å². The summed E-state index contributed by atoms with van der Waals surface area (Å²) >= 11 is 0. The molecule has 0 amide bonds. The van der Waals surface area contributed by atoms with Gasteiger partial charge in [-0.1, -0.05) is 0 Å². The maximum atomic E-state index is 9.26. The molecule has 0 bridgehead atoms. The van der Waals surface area contributed by atoms with E-state index >= 15 is 0 Å². The zero-order valence-corrected chi connectivity index (χ0v) is 11.8. The molecule has 0 spiro atoms. The molecule has 5 nitrogen and oxygen atoms in total. The van der Waals surface area contributed by atoms with Crippen molar-refractivity contribution in [3.63, 3.8) is 0 Å². The number of nitrogens with one attached hydrogen (secondary N) is 1. The first-order valence-electron chi connectivity index (χ1n) is 6.46. The molecule has 1 aromatic rings. The van der Waals surface area contributed by atoms with E-state index < -0.39 is 0 Å². The molecular formula is C13H24N4O. The van der Waals surface area contributed by atoms with E-state index in [1.165, 1.54) is 0 Å². The summed E-state index contributed by atoms with van der Waals surface area (Å²) in [5.74, 6) is 1.70. The number of anilines is 1. The smallest absolute Gasteiger partial charge is 0.144 e. The molecule has 18 heavy (non-hydrogen) atoms. The molecule has 1 unspecified atom stereocenters. The molecule has 1 heterocycles. The van der Waals surface area contributed by atoms with Crippen LogP contribution in [0.5, 0.6) is 0 Å². The minimum absolute atomic E-state index is 0.261. The first-order valence-corrected chi connectivity index (χ1v) is 6.46. The van der Waals surface area contributed by atoms with Crippen LogP contribution in [0.15, 0.2) is 6.07 Å². The molecule has 0 saturated heterocycles. The minimum atomic E-state index is -0.261. The van der Waals surface area contributed by atoms with Crippen molar-refractivity contribution < 1.29 is 5.11 Å². The number of aromatic nitrogens is 2. The zero-order chi connectivity index (χ0) is 13.5. The largest absolute Gasteiger partial charge is 0.393 e.